The second-order valence-electron chi connectivity index (χ2n) is 4.28. The minimum atomic E-state index is -0.876. The van der Waals surface area contributed by atoms with Gasteiger partial charge in [0.1, 0.15) is 6.10 Å². The van der Waals surface area contributed by atoms with E-state index in [2.05, 4.69) is 6.92 Å². The van der Waals surface area contributed by atoms with Crippen LogP contribution in [0.15, 0.2) is 11.3 Å². The Labute approximate surface area is 85.7 Å². The predicted octanol–water partition coefficient (Wildman–Crippen LogP) is 1.86. The van der Waals surface area contributed by atoms with Gasteiger partial charge in [0.25, 0.3) is 0 Å². The summed E-state index contributed by atoms with van der Waals surface area (Å²) in [6, 6.07) is 0. The highest BCUT2D eigenvalue weighted by molar-refractivity contribution is 5.21. The largest absolute Gasteiger partial charge is 0.489 e. The molecule has 0 aromatic rings. The molecule has 2 unspecified atom stereocenters. The van der Waals surface area contributed by atoms with E-state index in [0.29, 0.717) is 0 Å². The minimum Gasteiger partial charge on any atom is -0.489 e. The second-order valence-corrected chi connectivity index (χ2v) is 4.28. The molecule has 0 aliphatic carbocycles. The molecule has 1 rings (SSSR count). The SMILES string of the molecule is CCC1=C(C)OC(C(C)(C)O)C1OC. The molecule has 2 atom stereocenters. The average Bonchev–Trinajstić information content (AvgIpc) is 2.40. The van der Waals surface area contributed by atoms with Crippen molar-refractivity contribution in [1.29, 1.82) is 0 Å². The van der Waals surface area contributed by atoms with Crippen molar-refractivity contribution in [2.75, 3.05) is 7.11 Å². The summed E-state index contributed by atoms with van der Waals surface area (Å²) in [5.74, 6) is 0.895. The van der Waals surface area contributed by atoms with Crippen molar-refractivity contribution in [3.05, 3.63) is 11.3 Å². The fourth-order valence-corrected chi connectivity index (χ4v) is 1.94. The first-order valence-electron chi connectivity index (χ1n) is 5.03. The van der Waals surface area contributed by atoms with Crippen LogP contribution in [-0.4, -0.2) is 30.0 Å². The van der Waals surface area contributed by atoms with Crippen LogP contribution in [-0.2, 0) is 9.47 Å². The molecule has 0 fully saturated rings. The quantitative estimate of drug-likeness (QED) is 0.755. The lowest BCUT2D eigenvalue weighted by atomic mass is 9.93. The molecular formula is C11H20O3. The highest BCUT2D eigenvalue weighted by Gasteiger charge is 2.43. The number of methoxy groups -OCH3 is 1. The molecular weight excluding hydrogens is 180 g/mol. The van der Waals surface area contributed by atoms with Gasteiger partial charge in [0.05, 0.1) is 11.4 Å². The van der Waals surface area contributed by atoms with Crippen LogP contribution in [0, 0.1) is 0 Å². The fraction of sp³-hybridized carbons (Fsp3) is 0.818. The molecule has 0 spiro atoms. The van der Waals surface area contributed by atoms with Gasteiger partial charge in [-0.25, -0.2) is 0 Å². The molecule has 0 radical (unpaired) electrons. The lowest BCUT2D eigenvalue weighted by Crippen LogP contribution is -2.44. The van der Waals surface area contributed by atoms with Crippen molar-refractivity contribution >= 4 is 0 Å². The first-order valence-corrected chi connectivity index (χ1v) is 5.03. The van der Waals surface area contributed by atoms with E-state index < -0.39 is 5.60 Å². The maximum absolute atomic E-state index is 9.92. The van der Waals surface area contributed by atoms with Gasteiger partial charge in [-0.1, -0.05) is 6.92 Å². The maximum atomic E-state index is 9.92. The smallest absolute Gasteiger partial charge is 0.156 e. The third kappa shape index (κ3) is 1.93. The average molecular weight is 200 g/mol. The van der Waals surface area contributed by atoms with E-state index in [1.807, 2.05) is 6.92 Å². The number of hydrogen-bond donors (Lipinski definition) is 1. The Morgan fingerprint density at radius 3 is 2.43 bits per heavy atom. The van der Waals surface area contributed by atoms with E-state index in [-0.39, 0.29) is 12.2 Å². The minimum absolute atomic E-state index is 0.111. The molecule has 1 heterocycles. The zero-order chi connectivity index (χ0) is 10.9. The van der Waals surface area contributed by atoms with Crippen molar-refractivity contribution in [2.24, 2.45) is 0 Å². The third-order valence-electron chi connectivity index (χ3n) is 2.71. The van der Waals surface area contributed by atoms with E-state index in [1.165, 1.54) is 0 Å². The van der Waals surface area contributed by atoms with Gasteiger partial charge in [0, 0.05) is 7.11 Å². The molecule has 0 saturated heterocycles. The summed E-state index contributed by atoms with van der Waals surface area (Å²) < 4.78 is 11.0. The molecule has 0 aromatic heterocycles. The lowest BCUT2D eigenvalue weighted by molar-refractivity contribution is -0.0990. The normalized spacial score (nSPS) is 28.1. The number of ether oxygens (including phenoxy) is 2. The van der Waals surface area contributed by atoms with Gasteiger partial charge in [-0.3, -0.25) is 0 Å². The van der Waals surface area contributed by atoms with E-state index in [1.54, 1.807) is 21.0 Å². The third-order valence-corrected chi connectivity index (χ3v) is 2.71. The van der Waals surface area contributed by atoms with Crippen molar-refractivity contribution in [3.63, 3.8) is 0 Å². The standard InChI is InChI=1S/C11H20O3/c1-6-8-7(2)14-10(9(8)13-5)11(3,4)12/h9-10,12H,6H2,1-5H3. The van der Waals surface area contributed by atoms with E-state index in [9.17, 15) is 5.11 Å². The molecule has 82 valence electrons. The Hall–Kier alpha value is -0.540. The number of hydrogen-bond acceptors (Lipinski definition) is 3. The van der Waals surface area contributed by atoms with Gasteiger partial charge >= 0.3 is 0 Å². The van der Waals surface area contributed by atoms with Crippen molar-refractivity contribution in [3.8, 4) is 0 Å². The molecule has 0 bridgehead atoms. The van der Waals surface area contributed by atoms with Gasteiger partial charge in [0.2, 0.25) is 0 Å². The molecule has 0 saturated carbocycles. The Balaban J connectivity index is 2.89. The summed E-state index contributed by atoms with van der Waals surface area (Å²) in [6.07, 6.45) is 0.499. The van der Waals surface area contributed by atoms with Crippen LogP contribution in [0.5, 0.6) is 0 Å². The molecule has 14 heavy (non-hydrogen) atoms. The van der Waals surface area contributed by atoms with Gasteiger partial charge in [0.15, 0.2) is 6.10 Å². The molecule has 1 aliphatic heterocycles. The zero-order valence-electron chi connectivity index (χ0n) is 9.63. The summed E-state index contributed by atoms with van der Waals surface area (Å²) in [7, 11) is 1.65. The van der Waals surface area contributed by atoms with Crippen molar-refractivity contribution in [2.45, 2.75) is 51.9 Å². The van der Waals surface area contributed by atoms with Crippen molar-refractivity contribution < 1.29 is 14.6 Å². The van der Waals surface area contributed by atoms with Crippen LogP contribution < -0.4 is 0 Å². The van der Waals surface area contributed by atoms with Crippen LogP contribution in [0.3, 0.4) is 0 Å². The van der Waals surface area contributed by atoms with E-state index in [4.69, 9.17) is 9.47 Å². The Kier molecular flexibility index (Phi) is 3.22. The van der Waals surface area contributed by atoms with Crippen molar-refractivity contribution in [1.82, 2.24) is 0 Å². The van der Waals surface area contributed by atoms with Gasteiger partial charge in [-0.2, -0.15) is 0 Å². The predicted molar refractivity (Wildman–Crippen MR) is 55.0 cm³/mol. The van der Waals surface area contributed by atoms with E-state index in [0.717, 1.165) is 17.8 Å². The van der Waals surface area contributed by atoms with E-state index >= 15 is 0 Å². The summed E-state index contributed by atoms with van der Waals surface area (Å²) in [6.45, 7) is 7.49. The van der Waals surface area contributed by atoms with Crippen LogP contribution >= 0.6 is 0 Å². The molecule has 3 heteroatoms. The summed E-state index contributed by atoms with van der Waals surface area (Å²) in [4.78, 5) is 0. The van der Waals surface area contributed by atoms with Gasteiger partial charge < -0.3 is 14.6 Å². The molecule has 1 aliphatic rings. The Morgan fingerprint density at radius 2 is 2.07 bits per heavy atom. The first-order chi connectivity index (χ1) is 6.41. The second kappa shape index (κ2) is 3.91. The Bertz CT molecular complexity index is 237. The van der Waals surface area contributed by atoms with Crippen LogP contribution in [0.25, 0.3) is 0 Å². The lowest BCUT2D eigenvalue weighted by Gasteiger charge is -2.30. The van der Waals surface area contributed by atoms with Gasteiger partial charge in [-0.15, -0.1) is 0 Å². The van der Waals surface area contributed by atoms with Crippen LogP contribution in [0.1, 0.15) is 34.1 Å². The first kappa shape index (κ1) is 11.5. The van der Waals surface area contributed by atoms with Crippen LogP contribution in [0.2, 0.25) is 0 Å². The highest BCUT2D eigenvalue weighted by Crippen LogP contribution is 2.34. The fourth-order valence-electron chi connectivity index (χ4n) is 1.94. The molecule has 0 aromatic carbocycles. The number of aliphatic hydroxyl groups is 1. The summed E-state index contributed by atoms with van der Waals surface area (Å²) in [5.41, 5.74) is 0.276. The highest BCUT2D eigenvalue weighted by atomic mass is 16.6. The number of rotatable bonds is 3. The summed E-state index contributed by atoms with van der Waals surface area (Å²) >= 11 is 0. The van der Waals surface area contributed by atoms with Crippen LogP contribution in [0.4, 0.5) is 0 Å². The monoisotopic (exact) mass is 200 g/mol. The maximum Gasteiger partial charge on any atom is 0.156 e. The summed E-state index contributed by atoms with van der Waals surface area (Å²) in [5, 5.41) is 9.92. The zero-order valence-corrected chi connectivity index (χ0v) is 9.63. The molecule has 3 nitrogen and oxygen atoms in total. The van der Waals surface area contributed by atoms with Gasteiger partial charge in [-0.05, 0) is 32.8 Å². The topological polar surface area (TPSA) is 38.7 Å². The number of allylic oxidation sites excluding steroid dienone is 1. The molecule has 0 amide bonds. The Morgan fingerprint density at radius 1 is 1.50 bits per heavy atom. The molecule has 1 N–H and O–H groups in total.